The van der Waals surface area contributed by atoms with E-state index in [1.54, 1.807) is 13.1 Å². The summed E-state index contributed by atoms with van der Waals surface area (Å²) in [7, 11) is 1.59. The third-order valence-electron chi connectivity index (χ3n) is 3.11. The van der Waals surface area contributed by atoms with Crippen LogP contribution < -0.4 is 5.32 Å². The fraction of sp³-hybridized carbons (Fsp3) is 0.429. The topological polar surface area (TPSA) is 69.6 Å². The lowest BCUT2D eigenvalue weighted by molar-refractivity contribution is -0.142. The molecule has 0 aliphatic heterocycles. The lowest BCUT2D eigenvalue weighted by Gasteiger charge is -2.21. The minimum absolute atomic E-state index is 0. The zero-order valence-electron chi connectivity index (χ0n) is 12.4. The van der Waals surface area contributed by atoms with Crippen LogP contribution in [0, 0.1) is 13.8 Å². The van der Waals surface area contributed by atoms with Crippen LogP contribution in [0.4, 0.5) is 5.69 Å². The maximum Gasteiger partial charge on any atom is 0.320 e. The first-order valence-electron chi connectivity index (χ1n) is 6.22. The molecule has 1 aromatic rings. The number of amides is 1. The van der Waals surface area contributed by atoms with Crippen LogP contribution in [0.15, 0.2) is 12.1 Å². The summed E-state index contributed by atoms with van der Waals surface area (Å²) in [6.45, 7) is 5.29. The minimum Gasteiger partial charge on any atom is -0.480 e. The van der Waals surface area contributed by atoms with Gasteiger partial charge in [0.15, 0.2) is 0 Å². The molecule has 0 saturated carbocycles. The molecule has 21 heavy (non-hydrogen) atoms. The molecule has 7 heteroatoms. The number of hydrogen-bond acceptors (Lipinski definition) is 3. The van der Waals surface area contributed by atoms with Crippen LogP contribution in [-0.2, 0) is 9.59 Å². The van der Waals surface area contributed by atoms with Gasteiger partial charge in [-0.05, 0) is 45.0 Å². The lowest BCUT2D eigenvalue weighted by Crippen LogP contribution is -2.40. The molecule has 1 aromatic carbocycles. The van der Waals surface area contributed by atoms with E-state index in [1.807, 2.05) is 19.9 Å². The van der Waals surface area contributed by atoms with Crippen molar-refractivity contribution in [2.75, 3.05) is 18.9 Å². The summed E-state index contributed by atoms with van der Waals surface area (Å²) >= 11 is 6.11. The first kappa shape index (κ1) is 19.7. The van der Waals surface area contributed by atoms with E-state index in [1.165, 1.54) is 11.8 Å². The van der Waals surface area contributed by atoms with E-state index in [0.717, 1.165) is 11.1 Å². The van der Waals surface area contributed by atoms with Gasteiger partial charge in [-0.1, -0.05) is 17.7 Å². The van der Waals surface area contributed by atoms with Crippen LogP contribution >= 0.6 is 24.0 Å². The number of carboxylic acid groups (broad SMARTS) is 1. The third-order valence-corrected chi connectivity index (χ3v) is 3.41. The van der Waals surface area contributed by atoms with Gasteiger partial charge in [-0.3, -0.25) is 14.5 Å². The van der Waals surface area contributed by atoms with Gasteiger partial charge < -0.3 is 10.4 Å². The number of halogens is 2. The molecule has 0 aliphatic rings. The molecule has 1 amide bonds. The summed E-state index contributed by atoms with van der Waals surface area (Å²) in [4.78, 5) is 24.2. The van der Waals surface area contributed by atoms with Crippen LogP contribution in [0.3, 0.4) is 0 Å². The zero-order chi connectivity index (χ0) is 15.4. The molecule has 0 bridgehead atoms. The maximum atomic E-state index is 11.9. The van der Waals surface area contributed by atoms with Crippen molar-refractivity contribution in [2.24, 2.45) is 0 Å². The van der Waals surface area contributed by atoms with Gasteiger partial charge in [0.25, 0.3) is 0 Å². The van der Waals surface area contributed by atoms with Crippen LogP contribution in [0.5, 0.6) is 0 Å². The highest BCUT2D eigenvalue weighted by Crippen LogP contribution is 2.27. The Morgan fingerprint density at radius 2 is 1.95 bits per heavy atom. The molecular weight excluding hydrogens is 315 g/mol. The van der Waals surface area contributed by atoms with Crippen molar-refractivity contribution >= 4 is 41.6 Å². The first-order valence-corrected chi connectivity index (χ1v) is 6.59. The van der Waals surface area contributed by atoms with E-state index in [0.29, 0.717) is 10.7 Å². The first-order chi connectivity index (χ1) is 9.22. The Bertz CT molecular complexity index is 512. The second-order valence-electron chi connectivity index (χ2n) is 4.92. The van der Waals surface area contributed by atoms with Crippen LogP contribution in [0.2, 0.25) is 5.02 Å². The molecule has 0 saturated heterocycles. The molecule has 0 fully saturated rings. The standard InChI is InChI=1S/C14H19ClN2O3.ClH/c1-8-5-9(2)13(11(15)6-8)16-12(18)7-17(4)10(3)14(19)20;/h5-6,10H,7H2,1-4H3,(H,16,18)(H,19,20);1H. The molecule has 1 rings (SSSR count). The SMILES string of the molecule is Cc1cc(C)c(NC(=O)CN(C)C(C)C(=O)O)c(Cl)c1.Cl. The summed E-state index contributed by atoms with van der Waals surface area (Å²) in [6.07, 6.45) is 0. The molecule has 118 valence electrons. The molecule has 1 unspecified atom stereocenters. The molecule has 2 N–H and O–H groups in total. The third kappa shape index (κ3) is 5.53. The smallest absolute Gasteiger partial charge is 0.320 e. The summed E-state index contributed by atoms with van der Waals surface area (Å²) in [6, 6.07) is 2.97. The van der Waals surface area contributed by atoms with E-state index >= 15 is 0 Å². The highest BCUT2D eigenvalue weighted by molar-refractivity contribution is 6.34. The van der Waals surface area contributed by atoms with Crippen LogP contribution in [-0.4, -0.2) is 41.5 Å². The van der Waals surface area contributed by atoms with E-state index in [4.69, 9.17) is 16.7 Å². The normalized spacial score (nSPS) is 11.7. The Morgan fingerprint density at radius 3 is 2.43 bits per heavy atom. The second kappa shape index (κ2) is 8.22. The van der Waals surface area contributed by atoms with Crippen LogP contribution in [0.1, 0.15) is 18.1 Å². The van der Waals surface area contributed by atoms with Gasteiger partial charge in [-0.2, -0.15) is 0 Å². The monoisotopic (exact) mass is 334 g/mol. The number of carboxylic acids is 1. The number of nitrogens with one attached hydrogen (secondary N) is 1. The number of likely N-dealkylation sites (N-methyl/N-ethyl adjacent to an activating group) is 1. The van der Waals surface area contributed by atoms with Gasteiger partial charge in [0, 0.05) is 0 Å². The molecular formula is C14H20Cl2N2O3. The van der Waals surface area contributed by atoms with Crippen molar-refractivity contribution in [2.45, 2.75) is 26.8 Å². The van der Waals surface area contributed by atoms with E-state index in [9.17, 15) is 9.59 Å². The van der Waals surface area contributed by atoms with Gasteiger partial charge in [-0.15, -0.1) is 12.4 Å². The number of nitrogens with zero attached hydrogens (tertiary/aromatic N) is 1. The number of aliphatic carboxylic acids is 1. The number of aryl methyl sites for hydroxylation is 2. The molecule has 0 aliphatic carbocycles. The molecule has 5 nitrogen and oxygen atoms in total. The van der Waals surface area contributed by atoms with Crippen molar-refractivity contribution in [3.63, 3.8) is 0 Å². The average Bonchev–Trinajstić information content (AvgIpc) is 2.32. The molecule has 0 aromatic heterocycles. The van der Waals surface area contributed by atoms with E-state index in [2.05, 4.69) is 5.32 Å². The maximum absolute atomic E-state index is 11.9. The Balaban J connectivity index is 0.00000400. The molecule has 0 heterocycles. The minimum atomic E-state index is -0.968. The number of benzene rings is 1. The number of anilines is 1. The Labute approximate surface area is 135 Å². The lowest BCUT2D eigenvalue weighted by atomic mass is 10.1. The Hall–Kier alpha value is -1.30. The number of hydrogen-bond donors (Lipinski definition) is 2. The molecule has 1 atom stereocenters. The van der Waals surface area contributed by atoms with Gasteiger partial charge in [0.05, 0.1) is 17.3 Å². The second-order valence-corrected chi connectivity index (χ2v) is 5.32. The van der Waals surface area contributed by atoms with Crippen molar-refractivity contribution in [1.29, 1.82) is 0 Å². The quantitative estimate of drug-likeness (QED) is 0.868. The largest absolute Gasteiger partial charge is 0.480 e. The summed E-state index contributed by atoms with van der Waals surface area (Å²) in [5, 5.41) is 12.1. The Kier molecular flexibility index (Phi) is 7.71. The Morgan fingerprint density at radius 1 is 1.38 bits per heavy atom. The highest BCUT2D eigenvalue weighted by atomic mass is 35.5. The summed E-state index contributed by atoms with van der Waals surface area (Å²) < 4.78 is 0. The average molecular weight is 335 g/mol. The number of carbonyl (C=O) groups excluding carboxylic acids is 1. The van der Waals surface area contributed by atoms with E-state index < -0.39 is 12.0 Å². The number of rotatable bonds is 5. The zero-order valence-corrected chi connectivity index (χ0v) is 14.0. The van der Waals surface area contributed by atoms with Gasteiger partial charge in [0.2, 0.25) is 5.91 Å². The summed E-state index contributed by atoms with van der Waals surface area (Å²) in [5.41, 5.74) is 2.46. The number of carbonyl (C=O) groups is 2. The predicted molar refractivity (Wildman–Crippen MR) is 86.5 cm³/mol. The van der Waals surface area contributed by atoms with Crippen molar-refractivity contribution < 1.29 is 14.7 Å². The van der Waals surface area contributed by atoms with Gasteiger partial charge >= 0.3 is 5.97 Å². The fourth-order valence-electron chi connectivity index (χ4n) is 1.80. The van der Waals surface area contributed by atoms with Crippen molar-refractivity contribution in [1.82, 2.24) is 4.90 Å². The van der Waals surface area contributed by atoms with Gasteiger partial charge in [0.1, 0.15) is 6.04 Å². The molecule has 0 radical (unpaired) electrons. The van der Waals surface area contributed by atoms with Crippen molar-refractivity contribution in [3.05, 3.63) is 28.3 Å². The summed E-state index contributed by atoms with van der Waals surface area (Å²) in [5.74, 6) is -1.26. The predicted octanol–water partition coefficient (Wildman–Crippen LogP) is 2.72. The van der Waals surface area contributed by atoms with Crippen molar-refractivity contribution in [3.8, 4) is 0 Å². The molecule has 0 spiro atoms. The highest BCUT2D eigenvalue weighted by Gasteiger charge is 2.19. The van der Waals surface area contributed by atoms with Crippen LogP contribution in [0.25, 0.3) is 0 Å². The fourth-order valence-corrected chi connectivity index (χ4v) is 2.17. The van der Waals surface area contributed by atoms with Gasteiger partial charge in [-0.25, -0.2) is 0 Å². The van der Waals surface area contributed by atoms with E-state index in [-0.39, 0.29) is 24.9 Å².